The number of rotatable bonds is 3. The standard InChI is InChI=1S/C20H22BNO5S/c1-24-17-3-2-16(18-19(17)27-20(26-18)4-6-28-7-5-20)14-8-13(10-22-11-14)15-9-21(23)25-12-15/h2-3,8,10-11,15,23H,4-7,9,12H2,1H3/t15-/m0/s1. The molecule has 1 spiro atoms. The van der Waals surface area contributed by atoms with Crippen molar-refractivity contribution in [3.63, 3.8) is 0 Å². The molecule has 0 bridgehead atoms. The minimum Gasteiger partial charge on any atom is -0.493 e. The van der Waals surface area contributed by atoms with Crippen LogP contribution in [0.15, 0.2) is 30.6 Å². The van der Waals surface area contributed by atoms with Gasteiger partial charge in [-0.05, 0) is 30.1 Å². The predicted octanol–water partition coefficient (Wildman–Crippen LogP) is 3.35. The van der Waals surface area contributed by atoms with Gasteiger partial charge in [-0.2, -0.15) is 11.8 Å². The van der Waals surface area contributed by atoms with Gasteiger partial charge in [0.2, 0.25) is 5.75 Å². The van der Waals surface area contributed by atoms with Crippen LogP contribution >= 0.6 is 11.8 Å². The number of benzene rings is 1. The van der Waals surface area contributed by atoms with Gasteiger partial charge in [0.25, 0.3) is 5.79 Å². The molecule has 0 radical (unpaired) electrons. The third kappa shape index (κ3) is 3.13. The Morgan fingerprint density at radius 2 is 2.04 bits per heavy atom. The maximum atomic E-state index is 9.68. The minimum absolute atomic E-state index is 0.146. The number of fused-ring (bicyclic) bond motifs is 1. The summed E-state index contributed by atoms with van der Waals surface area (Å²) in [6, 6.07) is 6.02. The van der Waals surface area contributed by atoms with Crippen LogP contribution in [0.5, 0.6) is 17.2 Å². The first-order valence-corrected chi connectivity index (χ1v) is 10.7. The van der Waals surface area contributed by atoms with Gasteiger partial charge in [0.05, 0.1) is 7.11 Å². The Morgan fingerprint density at radius 1 is 1.21 bits per heavy atom. The average molecular weight is 399 g/mol. The van der Waals surface area contributed by atoms with E-state index in [2.05, 4.69) is 11.1 Å². The van der Waals surface area contributed by atoms with Crippen molar-refractivity contribution >= 4 is 18.9 Å². The zero-order chi connectivity index (χ0) is 19.1. The van der Waals surface area contributed by atoms with Gasteiger partial charge in [-0.1, -0.05) is 0 Å². The van der Waals surface area contributed by atoms with Crippen molar-refractivity contribution in [3.8, 4) is 28.4 Å². The molecule has 0 amide bonds. The third-order valence-corrected chi connectivity index (χ3v) is 6.63. The fourth-order valence-electron chi connectivity index (χ4n) is 4.08. The van der Waals surface area contributed by atoms with Crippen LogP contribution in [0.4, 0.5) is 0 Å². The molecule has 4 heterocycles. The van der Waals surface area contributed by atoms with E-state index in [0.29, 0.717) is 24.4 Å². The Morgan fingerprint density at radius 3 is 2.79 bits per heavy atom. The number of aromatic nitrogens is 1. The maximum absolute atomic E-state index is 9.68. The molecule has 2 aromatic rings. The molecule has 5 rings (SSSR count). The highest BCUT2D eigenvalue weighted by molar-refractivity contribution is 7.99. The normalized spacial score (nSPS) is 22.6. The minimum atomic E-state index is -0.695. The van der Waals surface area contributed by atoms with E-state index in [1.165, 1.54) is 0 Å². The van der Waals surface area contributed by atoms with E-state index < -0.39 is 12.9 Å². The zero-order valence-corrected chi connectivity index (χ0v) is 16.5. The lowest BCUT2D eigenvalue weighted by atomic mass is 9.80. The Bertz CT molecular complexity index is 889. The van der Waals surface area contributed by atoms with Gasteiger partial charge in [0.15, 0.2) is 11.5 Å². The van der Waals surface area contributed by atoms with Crippen molar-refractivity contribution < 1.29 is 23.9 Å². The Labute approximate surface area is 168 Å². The molecule has 146 valence electrons. The molecule has 3 aliphatic heterocycles. The lowest BCUT2D eigenvalue weighted by Gasteiger charge is -2.31. The predicted molar refractivity (Wildman–Crippen MR) is 108 cm³/mol. The molecule has 1 N–H and O–H groups in total. The topological polar surface area (TPSA) is 70.0 Å². The van der Waals surface area contributed by atoms with Crippen molar-refractivity contribution in [2.75, 3.05) is 25.2 Å². The van der Waals surface area contributed by atoms with Gasteiger partial charge >= 0.3 is 7.12 Å². The summed E-state index contributed by atoms with van der Waals surface area (Å²) >= 11 is 1.93. The van der Waals surface area contributed by atoms with E-state index in [9.17, 15) is 5.02 Å². The number of hydrogen-bond donors (Lipinski definition) is 1. The summed E-state index contributed by atoms with van der Waals surface area (Å²) in [6.45, 7) is 0.507. The molecular formula is C20H22BNO5S. The van der Waals surface area contributed by atoms with Gasteiger partial charge < -0.3 is 23.9 Å². The molecule has 2 saturated heterocycles. The molecule has 28 heavy (non-hydrogen) atoms. The van der Waals surface area contributed by atoms with Crippen molar-refractivity contribution in [2.45, 2.75) is 30.9 Å². The van der Waals surface area contributed by atoms with E-state index in [-0.39, 0.29) is 5.92 Å². The first-order valence-electron chi connectivity index (χ1n) is 9.59. The summed E-state index contributed by atoms with van der Waals surface area (Å²) in [5.41, 5.74) is 2.96. The Balaban J connectivity index is 1.53. The molecule has 2 fully saturated rings. The molecule has 3 aliphatic rings. The van der Waals surface area contributed by atoms with Crippen LogP contribution < -0.4 is 14.2 Å². The highest BCUT2D eigenvalue weighted by Crippen LogP contribution is 2.54. The number of methoxy groups -OCH3 is 1. The van der Waals surface area contributed by atoms with Crippen LogP contribution in [0.1, 0.15) is 24.3 Å². The van der Waals surface area contributed by atoms with Gasteiger partial charge in [-0.15, -0.1) is 0 Å². The van der Waals surface area contributed by atoms with Crippen LogP contribution in [0, 0.1) is 0 Å². The van der Waals surface area contributed by atoms with Crippen LogP contribution in [0.3, 0.4) is 0 Å². The highest BCUT2D eigenvalue weighted by Gasteiger charge is 2.45. The summed E-state index contributed by atoms with van der Waals surface area (Å²) in [6.07, 6.45) is 5.97. The second-order valence-electron chi connectivity index (χ2n) is 7.43. The fourth-order valence-corrected chi connectivity index (χ4v) is 5.19. The van der Waals surface area contributed by atoms with Gasteiger partial charge in [0, 0.05) is 60.4 Å². The maximum Gasteiger partial charge on any atom is 0.454 e. The Hall–Kier alpha value is -1.90. The SMILES string of the molecule is COc1ccc(-c2cncc([C@@H]3COB(O)C3)c2)c2c1OC1(CCSCC1)O2. The summed E-state index contributed by atoms with van der Waals surface area (Å²) < 4.78 is 23.6. The van der Waals surface area contributed by atoms with E-state index in [4.69, 9.17) is 18.9 Å². The molecule has 1 aromatic carbocycles. The second kappa shape index (κ2) is 7.17. The number of hydrogen-bond acceptors (Lipinski definition) is 7. The molecule has 0 saturated carbocycles. The Kier molecular flexibility index (Phi) is 4.65. The summed E-state index contributed by atoms with van der Waals surface area (Å²) in [5.74, 6) is 3.69. The van der Waals surface area contributed by atoms with Crippen LogP contribution in [0.2, 0.25) is 6.32 Å². The van der Waals surface area contributed by atoms with Crippen molar-refractivity contribution in [3.05, 3.63) is 36.2 Å². The molecule has 1 atom stereocenters. The van der Waals surface area contributed by atoms with Crippen molar-refractivity contribution in [2.24, 2.45) is 0 Å². The molecule has 8 heteroatoms. The van der Waals surface area contributed by atoms with Gasteiger partial charge in [-0.3, -0.25) is 4.98 Å². The van der Waals surface area contributed by atoms with E-state index >= 15 is 0 Å². The first kappa shape index (κ1) is 18.2. The second-order valence-corrected chi connectivity index (χ2v) is 8.65. The van der Waals surface area contributed by atoms with Crippen LogP contribution in [0.25, 0.3) is 11.1 Å². The number of ether oxygens (including phenoxy) is 3. The molecule has 0 unspecified atom stereocenters. The molecular weight excluding hydrogens is 377 g/mol. The average Bonchev–Trinajstić information content (AvgIpc) is 3.31. The van der Waals surface area contributed by atoms with E-state index in [1.807, 2.05) is 36.3 Å². The van der Waals surface area contributed by atoms with Crippen LogP contribution in [-0.2, 0) is 4.65 Å². The van der Waals surface area contributed by atoms with Crippen molar-refractivity contribution in [1.82, 2.24) is 4.98 Å². The smallest absolute Gasteiger partial charge is 0.454 e. The van der Waals surface area contributed by atoms with E-state index in [0.717, 1.165) is 46.8 Å². The van der Waals surface area contributed by atoms with Crippen LogP contribution in [-0.4, -0.2) is 48.1 Å². The molecule has 1 aromatic heterocycles. The number of pyridine rings is 1. The number of thioether (sulfide) groups is 1. The zero-order valence-electron chi connectivity index (χ0n) is 15.7. The summed E-state index contributed by atoms with van der Waals surface area (Å²) in [7, 11) is 0.952. The third-order valence-electron chi connectivity index (χ3n) is 5.64. The monoisotopic (exact) mass is 399 g/mol. The highest BCUT2D eigenvalue weighted by atomic mass is 32.2. The fraction of sp³-hybridized carbons (Fsp3) is 0.450. The molecule has 6 nitrogen and oxygen atoms in total. The van der Waals surface area contributed by atoms with E-state index in [1.54, 1.807) is 7.11 Å². The summed E-state index contributed by atoms with van der Waals surface area (Å²) in [5, 5.41) is 9.68. The lowest BCUT2D eigenvalue weighted by Crippen LogP contribution is -2.42. The summed E-state index contributed by atoms with van der Waals surface area (Å²) in [4.78, 5) is 4.43. The lowest BCUT2D eigenvalue weighted by molar-refractivity contribution is -0.0849. The largest absolute Gasteiger partial charge is 0.493 e. The first-order chi connectivity index (χ1) is 13.7. The van der Waals surface area contributed by atoms with Gasteiger partial charge in [-0.25, -0.2) is 0 Å². The number of nitrogens with zero attached hydrogens (tertiary/aromatic N) is 1. The quantitative estimate of drug-likeness (QED) is 0.794. The van der Waals surface area contributed by atoms with Gasteiger partial charge in [0.1, 0.15) is 0 Å². The van der Waals surface area contributed by atoms with Crippen molar-refractivity contribution in [1.29, 1.82) is 0 Å². The molecule has 0 aliphatic carbocycles.